The van der Waals surface area contributed by atoms with E-state index >= 15 is 0 Å². The maximum absolute atomic E-state index is 10.4. The third-order valence-corrected chi connectivity index (χ3v) is 4.24. The van der Waals surface area contributed by atoms with E-state index in [0.717, 1.165) is 22.6 Å². The van der Waals surface area contributed by atoms with E-state index in [1.165, 1.54) is 12.1 Å². The van der Waals surface area contributed by atoms with Crippen LogP contribution >= 0.6 is 0 Å². The number of phenolic OH excluding ortho intramolecular Hbond substituents is 2. The molecule has 130 valence electrons. The van der Waals surface area contributed by atoms with Gasteiger partial charge in [0.15, 0.2) is 5.65 Å². The van der Waals surface area contributed by atoms with E-state index in [0.29, 0.717) is 16.9 Å². The Hall–Kier alpha value is -3.54. The molecule has 2 aromatic heterocycles. The standard InChI is InChI=1S/C20H17N3O3/c1-12-9-19-21-11-17(13-3-6-15(26-2)7-4-13)20(23(19)22-12)16-8-5-14(24)10-18(16)25/h3-11,24-25H,1-2H3. The van der Waals surface area contributed by atoms with E-state index < -0.39 is 0 Å². The van der Waals surface area contributed by atoms with Gasteiger partial charge >= 0.3 is 0 Å². The summed E-state index contributed by atoms with van der Waals surface area (Å²) < 4.78 is 6.93. The highest BCUT2D eigenvalue weighted by molar-refractivity contribution is 5.85. The number of methoxy groups -OCH3 is 1. The maximum Gasteiger partial charge on any atom is 0.155 e. The third-order valence-electron chi connectivity index (χ3n) is 4.24. The fraction of sp³-hybridized carbons (Fsp3) is 0.100. The summed E-state index contributed by atoms with van der Waals surface area (Å²) in [5.74, 6) is 0.728. The van der Waals surface area contributed by atoms with Crippen molar-refractivity contribution in [2.45, 2.75) is 6.92 Å². The molecule has 0 aliphatic heterocycles. The molecule has 0 saturated heterocycles. The van der Waals surface area contributed by atoms with Gasteiger partial charge in [0.25, 0.3) is 0 Å². The zero-order valence-corrected chi connectivity index (χ0v) is 14.3. The van der Waals surface area contributed by atoms with Gasteiger partial charge in [-0.05, 0) is 36.8 Å². The summed E-state index contributed by atoms with van der Waals surface area (Å²) in [6.45, 7) is 1.89. The summed E-state index contributed by atoms with van der Waals surface area (Å²) in [5, 5.41) is 24.6. The van der Waals surface area contributed by atoms with Crippen LogP contribution in [0.25, 0.3) is 28.0 Å². The normalized spacial score (nSPS) is 11.0. The number of rotatable bonds is 3. The van der Waals surface area contributed by atoms with Crippen molar-refractivity contribution in [3.63, 3.8) is 0 Å². The van der Waals surface area contributed by atoms with Gasteiger partial charge in [0.1, 0.15) is 17.2 Å². The van der Waals surface area contributed by atoms with Crippen LogP contribution < -0.4 is 4.74 Å². The zero-order valence-electron chi connectivity index (χ0n) is 14.3. The number of hydrogen-bond acceptors (Lipinski definition) is 5. The molecule has 0 aliphatic rings. The summed E-state index contributed by atoms with van der Waals surface area (Å²) in [6, 6.07) is 14.0. The van der Waals surface area contributed by atoms with Gasteiger partial charge in [-0.2, -0.15) is 5.10 Å². The minimum Gasteiger partial charge on any atom is -0.508 e. The first-order chi connectivity index (χ1) is 12.6. The fourth-order valence-corrected chi connectivity index (χ4v) is 3.01. The predicted octanol–water partition coefficient (Wildman–Crippen LogP) is 3.79. The van der Waals surface area contributed by atoms with Gasteiger partial charge < -0.3 is 14.9 Å². The highest BCUT2D eigenvalue weighted by atomic mass is 16.5. The van der Waals surface area contributed by atoms with E-state index in [2.05, 4.69) is 10.1 Å². The van der Waals surface area contributed by atoms with Crippen LogP contribution in [0.1, 0.15) is 5.69 Å². The lowest BCUT2D eigenvalue weighted by atomic mass is 10.00. The molecule has 0 spiro atoms. The Bertz CT molecular complexity index is 1100. The van der Waals surface area contributed by atoms with E-state index in [1.807, 2.05) is 37.3 Å². The number of hydrogen-bond donors (Lipinski definition) is 2. The molecule has 0 fully saturated rings. The molecule has 0 unspecified atom stereocenters. The molecule has 2 N–H and O–H groups in total. The number of fused-ring (bicyclic) bond motifs is 1. The van der Waals surface area contributed by atoms with Gasteiger partial charge in [0.05, 0.1) is 18.5 Å². The number of aryl methyl sites for hydroxylation is 1. The molecule has 0 saturated carbocycles. The van der Waals surface area contributed by atoms with Crippen LogP contribution in [-0.2, 0) is 0 Å². The van der Waals surface area contributed by atoms with E-state index in [9.17, 15) is 10.2 Å². The SMILES string of the molecule is COc1ccc(-c2cnc3cc(C)nn3c2-c2ccc(O)cc2O)cc1. The second-order valence-corrected chi connectivity index (χ2v) is 6.01. The summed E-state index contributed by atoms with van der Waals surface area (Å²) in [5.41, 5.74) is 4.49. The molecular formula is C20H17N3O3. The van der Waals surface area contributed by atoms with Crippen LogP contribution in [0.2, 0.25) is 0 Å². The minimum atomic E-state index is -0.0274. The third kappa shape index (κ3) is 2.61. The minimum absolute atomic E-state index is 0.000747. The monoisotopic (exact) mass is 347 g/mol. The number of ether oxygens (including phenoxy) is 1. The molecule has 26 heavy (non-hydrogen) atoms. The van der Waals surface area contributed by atoms with Crippen molar-refractivity contribution in [3.05, 3.63) is 60.4 Å². The van der Waals surface area contributed by atoms with Crippen molar-refractivity contribution >= 4 is 5.65 Å². The van der Waals surface area contributed by atoms with Gasteiger partial charge in [-0.1, -0.05) is 12.1 Å². The first-order valence-electron chi connectivity index (χ1n) is 8.09. The Morgan fingerprint density at radius 3 is 2.42 bits per heavy atom. The van der Waals surface area contributed by atoms with E-state index in [4.69, 9.17) is 4.74 Å². The highest BCUT2D eigenvalue weighted by Gasteiger charge is 2.18. The molecular weight excluding hydrogens is 330 g/mol. The van der Waals surface area contributed by atoms with Gasteiger partial charge in [-0.25, -0.2) is 9.50 Å². The Kier molecular flexibility index (Phi) is 3.73. The average molecular weight is 347 g/mol. The number of benzene rings is 2. The number of phenols is 2. The van der Waals surface area contributed by atoms with Crippen molar-refractivity contribution in [1.29, 1.82) is 0 Å². The summed E-state index contributed by atoms with van der Waals surface area (Å²) in [6.07, 6.45) is 1.76. The smallest absolute Gasteiger partial charge is 0.155 e. The lowest BCUT2D eigenvalue weighted by molar-refractivity contribution is 0.415. The molecule has 0 atom stereocenters. The molecule has 0 bridgehead atoms. The van der Waals surface area contributed by atoms with Gasteiger partial charge in [-0.15, -0.1) is 0 Å². The van der Waals surface area contributed by atoms with Crippen LogP contribution in [0.15, 0.2) is 54.7 Å². The quantitative estimate of drug-likeness (QED) is 0.589. The highest BCUT2D eigenvalue weighted by Crippen LogP contribution is 2.38. The van der Waals surface area contributed by atoms with Crippen molar-refractivity contribution in [1.82, 2.24) is 14.6 Å². The first-order valence-corrected chi connectivity index (χ1v) is 8.09. The topological polar surface area (TPSA) is 79.9 Å². The van der Waals surface area contributed by atoms with E-state index in [1.54, 1.807) is 23.9 Å². The largest absolute Gasteiger partial charge is 0.508 e. The molecule has 4 aromatic rings. The molecule has 2 aromatic carbocycles. The Morgan fingerprint density at radius 1 is 0.962 bits per heavy atom. The van der Waals surface area contributed by atoms with Crippen LogP contribution in [0.3, 0.4) is 0 Å². The Morgan fingerprint density at radius 2 is 1.73 bits per heavy atom. The Labute approximate surface area is 150 Å². The van der Waals surface area contributed by atoms with Crippen molar-refractivity contribution in [2.75, 3.05) is 7.11 Å². The fourth-order valence-electron chi connectivity index (χ4n) is 3.01. The Balaban J connectivity index is 2.03. The number of nitrogens with zero attached hydrogens (tertiary/aromatic N) is 3. The van der Waals surface area contributed by atoms with Crippen LogP contribution in [0, 0.1) is 6.92 Å². The maximum atomic E-state index is 10.4. The predicted molar refractivity (Wildman–Crippen MR) is 98.5 cm³/mol. The zero-order chi connectivity index (χ0) is 18.3. The van der Waals surface area contributed by atoms with Crippen molar-refractivity contribution < 1.29 is 14.9 Å². The second kappa shape index (κ2) is 6.07. The van der Waals surface area contributed by atoms with Gasteiger partial charge in [-0.3, -0.25) is 0 Å². The molecule has 6 nitrogen and oxygen atoms in total. The number of aromatic nitrogens is 3. The summed E-state index contributed by atoms with van der Waals surface area (Å²) >= 11 is 0. The molecule has 0 radical (unpaired) electrons. The van der Waals surface area contributed by atoms with Crippen LogP contribution in [-0.4, -0.2) is 31.9 Å². The van der Waals surface area contributed by atoms with Crippen LogP contribution in [0.5, 0.6) is 17.2 Å². The summed E-state index contributed by atoms with van der Waals surface area (Å²) in [7, 11) is 1.62. The lowest BCUT2D eigenvalue weighted by Crippen LogP contribution is -2.00. The molecule has 6 heteroatoms. The second-order valence-electron chi connectivity index (χ2n) is 6.01. The summed E-state index contributed by atoms with van der Waals surface area (Å²) in [4.78, 5) is 4.49. The van der Waals surface area contributed by atoms with Crippen molar-refractivity contribution in [3.8, 4) is 39.6 Å². The number of aromatic hydroxyl groups is 2. The molecule has 2 heterocycles. The van der Waals surface area contributed by atoms with Gasteiger partial charge in [0, 0.05) is 29.5 Å². The van der Waals surface area contributed by atoms with Crippen molar-refractivity contribution in [2.24, 2.45) is 0 Å². The van der Waals surface area contributed by atoms with Crippen LogP contribution in [0.4, 0.5) is 0 Å². The lowest BCUT2D eigenvalue weighted by Gasteiger charge is -2.13. The first kappa shape index (κ1) is 16.0. The molecule has 0 aliphatic carbocycles. The molecule has 0 amide bonds. The average Bonchev–Trinajstić information content (AvgIpc) is 3.02. The molecule has 4 rings (SSSR count). The van der Waals surface area contributed by atoms with Gasteiger partial charge in [0.2, 0.25) is 0 Å². The van der Waals surface area contributed by atoms with E-state index in [-0.39, 0.29) is 11.5 Å².